The minimum atomic E-state index is -4.02. The Morgan fingerprint density at radius 1 is 0.917 bits per heavy atom. The van der Waals surface area contributed by atoms with Crippen LogP contribution >= 0.6 is 0 Å². The van der Waals surface area contributed by atoms with Gasteiger partial charge in [0.2, 0.25) is 0 Å². The Balaban J connectivity index is 0.000000515. The number of unbranched alkanes of at least 4 members (excludes halogenated alkanes) is 1. The summed E-state index contributed by atoms with van der Waals surface area (Å²) in [5.74, 6) is 0.100. The van der Waals surface area contributed by atoms with E-state index < -0.39 is 26.3 Å². The molecule has 0 aliphatic carbocycles. The molecule has 2 aromatic rings. The number of aryl methyl sites for hydroxylation is 2. The zero-order valence-electron chi connectivity index (χ0n) is 20.8. The molecule has 0 bridgehead atoms. The third-order valence-corrected chi connectivity index (χ3v) is 6.21. The molecule has 0 fully saturated rings. The quantitative estimate of drug-likeness (QED) is 0.108. The number of nitrogens with two attached hydrogens (primary N) is 1. The van der Waals surface area contributed by atoms with E-state index in [9.17, 15) is 21.6 Å². The van der Waals surface area contributed by atoms with Gasteiger partial charge in [0.1, 0.15) is 6.04 Å². The lowest BCUT2D eigenvalue weighted by Gasteiger charge is -2.08. The Labute approximate surface area is 213 Å². The van der Waals surface area contributed by atoms with Crippen LogP contribution in [0.2, 0.25) is 0 Å². The first-order chi connectivity index (χ1) is 16.6. The van der Waals surface area contributed by atoms with Gasteiger partial charge in [-0.15, -0.1) is 0 Å². The summed E-state index contributed by atoms with van der Waals surface area (Å²) in [6, 6.07) is 11.5. The van der Waals surface area contributed by atoms with Crippen molar-refractivity contribution in [1.82, 2.24) is 5.32 Å². The van der Waals surface area contributed by atoms with Gasteiger partial charge in [0.05, 0.1) is 22.7 Å². The molecule has 0 spiro atoms. The molecule has 6 N–H and O–H groups in total. The van der Waals surface area contributed by atoms with Crippen molar-refractivity contribution in [3.05, 3.63) is 59.7 Å². The smallest absolute Gasteiger partial charge is 0.322 e. The van der Waals surface area contributed by atoms with Crippen molar-refractivity contribution in [1.29, 1.82) is 5.41 Å². The predicted octanol–water partition coefficient (Wildman–Crippen LogP) is 2.73. The van der Waals surface area contributed by atoms with Crippen LogP contribution in [0.5, 0.6) is 0 Å². The van der Waals surface area contributed by atoms with Gasteiger partial charge in [-0.1, -0.05) is 35.4 Å². The van der Waals surface area contributed by atoms with Gasteiger partial charge in [0, 0.05) is 6.54 Å². The summed E-state index contributed by atoms with van der Waals surface area (Å²) >= 11 is 0. The Morgan fingerprint density at radius 3 is 1.61 bits per heavy atom. The van der Waals surface area contributed by atoms with Gasteiger partial charge in [-0.2, -0.15) is 16.8 Å². The molecule has 1 unspecified atom stereocenters. The molecule has 36 heavy (non-hydrogen) atoms. The number of nitrogens with one attached hydrogen (secondary N) is 2. The van der Waals surface area contributed by atoms with Crippen molar-refractivity contribution >= 4 is 32.0 Å². The zero-order valence-corrected chi connectivity index (χ0v) is 22.4. The van der Waals surface area contributed by atoms with Crippen molar-refractivity contribution < 1.29 is 35.5 Å². The van der Waals surface area contributed by atoms with Crippen LogP contribution < -0.4 is 11.1 Å². The number of rotatable bonds is 8. The lowest BCUT2D eigenvalue weighted by molar-refractivity contribution is -0.142. The molecule has 0 amide bonds. The molecule has 0 aliphatic rings. The fourth-order valence-corrected chi connectivity index (χ4v) is 3.41. The van der Waals surface area contributed by atoms with E-state index in [4.69, 9.17) is 20.2 Å². The number of hydrogen-bond acceptors (Lipinski definition) is 8. The molecule has 13 heteroatoms. The summed E-state index contributed by atoms with van der Waals surface area (Å²) in [4.78, 5) is 10.8. The molecule has 0 radical (unpaired) electrons. The molecule has 2 rings (SSSR count). The summed E-state index contributed by atoms with van der Waals surface area (Å²) in [6.07, 6.45) is 2.39. The molecule has 2 aromatic carbocycles. The number of hydrogen-bond donors (Lipinski definition) is 5. The van der Waals surface area contributed by atoms with Crippen LogP contribution in [0.15, 0.2) is 58.3 Å². The minimum absolute atomic E-state index is 0.0666. The second-order valence-electron chi connectivity index (χ2n) is 7.75. The van der Waals surface area contributed by atoms with Crippen LogP contribution in [0.3, 0.4) is 0 Å². The van der Waals surface area contributed by atoms with Crippen molar-refractivity contribution in [2.24, 2.45) is 5.73 Å². The molecule has 0 heterocycles. The molecular formula is C23H35N3O8S2. The predicted molar refractivity (Wildman–Crippen MR) is 137 cm³/mol. The standard InChI is InChI=1S/C9H19N3O2.2C7H8O3S/c1-7(10)12-6-4-3-5-8(11)9(13)14-2;2*1-6-2-4-7(5-3-6)11(8,9)10/h8H,3-6,11H2,1-2H3,(H2,10,12);2*2-5H,1H3,(H,8,9,10). The Morgan fingerprint density at radius 2 is 1.31 bits per heavy atom. The average molecular weight is 546 g/mol. The van der Waals surface area contributed by atoms with E-state index in [2.05, 4.69) is 10.1 Å². The van der Waals surface area contributed by atoms with Gasteiger partial charge in [-0.25, -0.2) is 0 Å². The first-order valence-electron chi connectivity index (χ1n) is 10.8. The molecule has 1 atom stereocenters. The number of methoxy groups -OCH3 is 1. The maximum absolute atomic E-state index is 10.9. The van der Waals surface area contributed by atoms with Gasteiger partial charge >= 0.3 is 5.97 Å². The molecule has 0 aliphatic heterocycles. The number of carbonyl (C=O) groups is 1. The number of amidine groups is 1. The van der Waals surface area contributed by atoms with Crippen LogP contribution in [0, 0.1) is 19.3 Å². The topological polar surface area (TPSA) is 197 Å². The SMILES string of the molecule is COC(=O)C(N)CCCCNC(C)=N.Cc1ccc(S(=O)(=O)O)cc1.Cc1ccc(S(=O)(=O)O)cc1. The van der Waals surface area contributed by atoms with Crippen LogP contribution in [0.1, 0.15) is 37.3 Å². The summed E-state index contributed by atoms with van der Waals surface area (Å²) in [6.45, 7) is 6.13. The number of benzene rings is 2. The van der Waals surface area contributed by atoms with E-state index >= 15 is 0 Å². The molecule has 11 nitrogen and oxygen atoms in total. The number of ether oxygens (including phenoxy) is 1. The molecule has 202 valence electrons. The first kappa shape index (κ1) is 33.2. The normalized spacial score (nSPS) is 11.6. The monoisotopic (exact) mass is 545 g/mol. The largest absolute Gasteiger partial charge is 0.468 e. The van der Waals surface area contributed by atoms with Crippen LogP contribution in [0.4, 0.5) is 0 Å². The van der Waals surface area contributed by atoms with Gasteiger partial charge in [-0.3, -0.25) is 19.3 Å². The van der Waals surface area contributed by atoms with Gasteiger partial charge in [-0.05, 0) is 64.3 Å². The summed E-state index contributed by atoms with van der Waals surface area (Å²) in [5.41, 5.74) is 7.44. The molecule has 0 aromatic heterocycles. The second kappa shape index (κ2) is 16.0. The zero-order chi connectivity index (χ0) is 27.9. The highest BCUT2D eigenvalue weighted by atomic mass is 32.2. The Kier molecular flexibility index (Phi) is 14.7. The van der Waals surface area contributed by atoms with Gasteiger partial charge in [0.25, 0.3) is 20.2 Å². The third kappa shape index (κ3) is 15.2. The van der Waals surface area contributed by atoms with Crippen molar-refractivity contribution in [3.8, 4) is 0 Å². The Bertz CT molecular complexity index is 1090. The van der Waals surface area contributed by atoms with E-state index in [-0.39, 0.29) is 15.8 Å². The van der Waals surface area contributed by atoms with Gasteiger partial charge in [0.15, 0.2) is 0 Å². The van der Waals surface area contributed by atoms with Crippen molar-refractivity contribution in [3.63, 3.8) is 0 Å². The van der Waals surface area contributed by atoms with Crippen LogP contribution in [-0.2, 0) is 29.8 Å². The van der Waals surface area contributed by atoms with E-state index in [0.717, 1.165) is 30.5 Å². The van der Waals surface area contributed by atoms with E-state index in [1.807, 2.05) is 13.8 Å². The lowest BCUT2D eigenvalue weighted by Crippen LogP contribution is -2.31. The number of esters is 1. The van der Waals surface area contributed by atoms with Gasteiger partial charge < -0.3 is 15.8 Å². The van der Waals surface area contributed by atoms with Crippen molar-refractivity contribution in [2.45, 2.75) is 55.9 Å². The lowest BCUT2D eigenvalue weighted by atomic mass is 10.1. The third-order valence-electron chi connectivity index (χ3n) is 4.47. The highest BCUT2D eigenvalue weighted by Gasteiger charge is 2.12. The highest BCUT2D eigenvalue weighted by Crippen LogP contribution is 2.09. The molecule has 0 saturated heterocycles. The summed E-state index contributed by atoms with van der Waals surface area (Å²) < 4.78 is 63.6. The molecular weight excluding hydrogens is 510 g/mol. The van der Waals surface area contributed by atoms with E-state index in [0.29, 0.717) is 12.3 Å². The fourth-order valence-electron chi connectivity index (χ4n) is 2.45. The maximum atomic E-state index is 10.9. The van der Waals surface area contributed by atoms with E-state index in [1.165, 1.54) is 31.4 Å². The van der Waals surface area contributed by atoms with Crippen LogP contribution in [0.25, 0.3) is 0 Å². The van der Waals surface area contributed by atoms with E-state index in [1.54, 1.807) is 31.2 Å². The maximum Gasteiger partial charge on any atom is 0.322 e. The highest BCUT2D eigenvalue weighted by molar-refractivity contribution is 7.86. The minimum Gasteiger partial charge on any atom is -0.468 e. The van der Waals surface area contributed by atoms with Crippen LogP contribution in [-0.4, -0.2) is 57.4 Å². The average Bonchev–Trinajstić information content (AvgIpc) is 2.78. The summed E-state index contributed by atoms with van der Waals surface area (Å²) in [5, 5.41) is 9.99. The number of carbonyl (C=O) groups excluding carboxylic acids is 1. The second-order valence-corrected chi connectivity index (χ2v) is 10.6. The Hall–Kier alpha value is -2.84. The molecule has 0 saturated carbocycles. The summed E-state index contributed by atoms with van der Waals surface area (Å²) in [7, 11) is -6.70. The van der Waals surface area contributed by atoms with Crippen molar-refractivity contribution in [2.75, 3.05) is 13.7 Å². The first-order valence-corrected chi connectivity index (χ1v) is 13.7. The fraction of sp³-hybridized carbons (Fsp3) is 0.391.